The number of rotatable bonds is 5. The van der Waals surface area contributed by atoms with Gasteiger partial charge in [0.15, 0.2) is 0 Å². The Morgan fingerprint density at radius 1 is 1.39 bits per heavy atom. The van der Waals surface area contributed by atoms with Crippen LogP contribution in [-0.4, -0.2) is 23.2 Å². The Kier molecular flexibility index (Phi) is 4.18. The fraction of sp³-hybridized carbons (Fsp3) is 0.455. The molecule has 0 aliphatic rings. The predicted molar refractivity (Wildman–Crippen MR) is 62.4 cm³/mol. The van der Waals surface area contributed by atoms with E-state index in [9.17, 15) is 18.9 Å². The normalized spacial score (nSPS) is 11.4. The first-order valence-electron chi connectivity index (χ1n) is 5.25. The molecule has 0 unspecified atom stereocenters. The van der Waals surface area contributed by atoms with Gasteiger partial charge in [0.2, 0.25) is 5.82 Å². The van der Waals surface area contributed by atoms with Gasteiger partial charge < -0.3 is 10.4 Å². The van der Waals surface area contributed by atoms with Crippen LogP contribution in [0.3, 0.4) is 0 Å². The van der Waals surface area contributed by atoms with Crippen molar-refractivity contribution < 1.29 is 18.8 Å². The number of anilines is 1. The number of aliphatic hydroxyl groups is 1. The first kappa shape index (κ1) is 14.3. The summed E-state index contributed by atoms with van der Waals surface area (Å²) in [5.74, 6) is -2.13. The molecule has 0 atom stereocenters. The smallest absolute Gasteiger partial charge is 0.307 e. The van der Waals surface area contributed by atoms with Gasteiger partial charge in [-0.2, -0.15) is 4.39 Å². The Balaban J connectivity index is 2.96. The summed E-state index contributed by atoms with van der Waals surface area (Å²) in [7, 11) is 0. The minimum absolute atomic E-state index is 0.134. The van der Waals surface area contributed by atoms with Crippen LogP contribution in [0.5, 0.6) is 0 Å². The first-order valence-corrected chi connectivity index (χ1v) is 5.25. The standard InChI is InChI=1S/C11H14F2N2O3/c1-11(2,6-16)5-14-9-4-10(15(17)18)8(13)3-7(9)12/h3-4,14,16H,5-6H2,1-2H3. The molecule has 0 spiro atoms. The van der Waals surface area contributed by atoms with Crippen molar-refractivity contribution in [1.82, 2.24) is 0 Å². The van der Waals surface area contributed by atoms with Gasteiger partial charge in [-0.1, -0.05) is 13.8 Å². The second kappa shape index (κ2) is 5.26. The van der Waals surface area contributed by atoms with Crippen LogP contribution in [0.15, 0.2) is 12.1 Å². The van der Waals surface area contributed by atoms with Crippen molar-refractivity contribution >= 4 is 11.4 Å². The molecule has 0 saturated heterocycles. The SMILES string of the molecule is CC(C)(CO)CNc1cc([N+](=O)[O-])c(F)cc1F. The van der Waals surface area contributed by atoms with E-state index in [0.29, 0.717) is 6.07 Å². The number of hydrogen-bond acceptors (Lipinski definition) is 4. The number of nitro groups is 1. The quantitative estimate of drug-likeness (QED) is 0.629. The average Bonchev–Trinajstić information content (AvgIpc) is 2.27. The number of aliphatic hydroxyl groups excluding tert-OH is 1. The fourth-order valence-electron chi connectivity index (χ4n) is 1.20. The molecule has 18 heavy (non-hydrogen) atoms. The molecule has 0 radical (unpaired) electrons. The zero-order chi connectivity index (χ0) is 13.9. The van der Waals surface area contributed by atoms with E-state index in [-0.39, 0.29) is 18.8 Å². The number of nitrogens with zero attached hydrogens (tertiary/aromatic N) is 1. The van der Waals surface area contributed by atoms with Gasteiger partial charge in [-0.3, -0.25) is 10.1 Å². The van der Waals surface area contributed by atoms with Gasteiger partial charge in [-0.25, -0.2) is 4.39 Å². The van der Waals surface area contributed by atoms with Crippen molar-refractivity contribution in [3.63, 3.8) is 0 Å². The van der Waals surface area contributed by atoms with Crippen molar-refractivity contribution in [3.05, 3.63) is 33.9 Å². The summed E-state index contributed by atoms with van der Waals surface area (Å²) in [6.45, 7) is 3.53. The summed E-state index contributed by atoms with van der Waals surface area (Å²) in [5, 5.41) is 22.2. The van der Waals surface area contributed by atoms with E-state index < -0.39 is 27.7 Å². The highest BCUT2D eigenvalue weighted by atomic mass is 19.1. The van der Waals surface area contributed by atoms with Crippen LogP contribution < -0.4 is 5.32 Å². The molecular formula is C11H14F2N2O3. The fourth-order valence-corrected chi connectivity index (χ4v) is 1.20. The molecule has 0 aliphatic carbocycles. The number of hydrogen-bond donors (Lipinski definition) is 2. The zero-order valence-electron chi connectivity index (χ0n) is 10.0. The van der Waals surface area contributed by atoms with Crippen molar-refractivity contribution in [2.45, 2.75) is 13.8 Å². The van der Waals surface area contributed by atoms with Gasteiger partial charge in [0.05, 0.1) is 10.6 Å². The summed E-state index contributed by atoms with van der Waals surface area (Å²) in [6, 6.07) is 1.27. The predicted octanol–water partition coefficient (Wildman–Crippen LogP) is 2.30. The maximum atomic E-state index is 13.4. The van der Waals surface area contributed by atoms with E-state index in [1.54, 1.807) is 13.8 Å². The van der Waals surface area contributed by atoms with Crippen LogP contribution in [0, 0.1) is 27.2 Å². The van der Waals surface area contributed by atoms with Gasteiger partial charge >= 0.3 is 5.69 Å². The molecule has 1 aromatic rings. The molecule has 0 amide bonds. The van der Waals surface area contributed by atoms with Crippen LogP contribution in [0.4, 0.5) is 20.2 Å². The Morgan fingerprint density at radius 3 is 2.50 bits per heavy atom. The molecule has 0 aliphatic heterocycles. The maximum Gasteiger partial charge on any atom is 0.307 e. The van der Waals surface area contributed by atoms with Crippen LogP contribution in [0.1, 0.15) is 13.8 Å². The molecule has 0 fully saturated rings. The topological polar surface area (TPSA) is 75.4 Å². The summed E-state index contributed by atoms with van der Waals surface area (Å²) in [5.41, 5.74) is -1.47. The molecule has 1 aromatic carbocycles. The second-order valence-electron chi connectivity index (χ2n) is 4.72. The van der Waals surface area contributed by atoms with Crippen molar-refractivity contribution in [2.75, 3.05) is 18.5 Å². The summed E-state index contributed by atoms with van der Waals surface area (Å²) in [4.78, 5) is 9.60. The Hall–Kier alpha value is -1.76. The van der Waals surface area contributed by atoms with Crippen LogP contribution in [0.25, 0.3) is 0 Å². The highest BCUT2D eigenvalue weighted by Crippen LogP contribution is 2.26. The molecule has 0 heterocycles. The largest absolute Gasteiger partial charge is 0.396 e. The van der Waals surface area contributed by atoms with Crippen molar-refractivity contribution in [2.24, 2.45) is 5.41 Å². The van der Waals surface area contributed by atoms with E-state index in [1.807, 2.05) is 0 Å². The lowest BCUT2D eigenvalue weighted by molar-refractivity contribution is -0.387. The van der Waals surface area contributed by atoms with Gasteiger partial charge in [-0.15, -0.1) is 0 Å². The zero-order valence-corrected chi connectivity index (χ0v) is 10.0. The molecule has 100 valence electrons. The Labute approximate surface area is 103 Å². The Morgan fingerprint density at radius 2 is 2.00 bits per heavy atom. The monoisotopic (exact) mass is 260 g/mol. The summed E-state index contributed by atoms with van der Waals surface area (Å²) >= 11 is 0. The molecule has 1 rings (SSSR count). The van der Waals surface area contributed by atoms with Gasteiger partial charge in [0.1, 0.15) is 5.82 Å². The van der Waals surface area contributed by atoms with Crippen molar-refractivity contribution in [1.29, 1.82) is 0 Å². The summed E-state index contributed by atoms with van der Waals surface area (Å²) in [6.07, 6.45) is 0. The van der Waals surface area contributed by atoms with Gasteiger partial charge in [0, 0.05) is 30.7 Å². The third kappa shape index (κ3) is 3.36. The van der Waals surface area contributed by atoms with E-state index in [0.717, 1.165) is 6.07 Å². The van der Waals surface area contributed by atoms with Gasteiger partial charge in [0.25, 0.3) is 0 Å². The first-order chi connectivity index (χ1) is 8.26. The molecular weight excluding hydrogens is 246 g/mol. The average molecular weight is 260 g/mol. The van der Waals surface area contributed by atoms with Crippen LogP contribution in [-0.2, 0) is 0 Å². The van der Waals surface area contributed by atoms with E-state index in [1.165, 1.54) is 0 Å². The molecule has 0 aromatic heterocycles. The summed E-state index contributed by atoms with van der Waals surface area (Å²) < 4.78 is 26.5. The molecule has 7 heteroatoms. The molecule has 0 bridgehead atoms. The van der Waals surface area contributed by atoms with Crippen molar-refractivity contribution in [3.8, 4) is 0 Å². The lowest BCUT2D eigenvalue weighted by atomic mass is 9.95. The number of nitrogens with one attached hydrogen (secondary N) is 1. The number of benzene rings is 1. The lowest BCUT2D eigenvalue weighted by Crippen LogP contribution is -2.27. The highest BCUT2D eigenvalue weighted by molar-refractivity contribution is 5.53. The number of halogens is 2. The highest BCUT2D eigenvalue weighted by Gasteiger charge is 2.21. The second-order valence-corrected chi connectivity index (χ2v) is 4.72. The third-order valence-corrected chi connectivity index (χ3v) is 2.42. The van der Waals surface area contributed by atoms with Gasteiger partial charge in [-0.05, 0) is 0 Å². The lowest BCUT2D eigenvalue weighted by Gasteiger charge is -2.22. The molecule has 2 N–H and O–H groups in total. The third-order valence-electron chi connectivity index (χ3n) is 2.42. The minimum Gasteiger partial charge on any atom is -0.396 e. The van der Waals surface area contributed by atoms with E-state index in [2.05, 4.69) is 5.32 Å². The van der Waals surface area contributed by atoms with Crippen LogP contribution in [0.2, 0.25) is 0 Å². The van der Waals surface area contributed by atoms with E-state index in [4.69, 9.17) is 5.11 Å². The van der Waals surface area contributed by atoms with E-state index >= 15 is 0 Å². The number of nitro benzene ring substituents is 1. The minimum atomic E-state index is -1.22. The Bertz CT molecular complexity index is 464. The van der Waals surface area contributed by atoms with Crippen LogP contribution >= 0.6 is 0 Å². The molecule has 5 nitrogen and oxygen atoms in total. The maximum absolute atomic E-state index is 13.4. The molecule has 0 saturated carbocycles.